The van der Waals surface area contributed by atoms with Crippen molar-refractivity contribution in [2.24, 2.45) is 17.3 Å². The molecule has 2 saturated carbocycles. The van der Waals surface area contributed by atoms with E-state index >= 15 is 0 Å². The summed E-state index contributed by atoms with van der Waals surface area (Å²) in [5, 5.41) is 0.623. The molecule has 0 bridgehead atoms. The molecule has 0 spiro atoms. The summed E-state index contributed by atoms with van der Waals surface area (Å²) in [7, 11) is -2.27. The van der Waals surface area contributed by atoms with Gasteiger partial charge in [0.2, 0.25) is 8.32 Å². The molecule has 0 saturated heterocycles. The van der Waals surface area contributed by atoms with Crippen molar-refractivity contribution in [3.05, 3.63) is 29.3 Å². The van der Waals surface area contributed by atoms with Crippen LogP contribution in [0.1, 0.15) is 97.6 Å². The van der Waals surface area contributed by atoms with E-state index in [0.717, 1.165) is 23.5 Å². The van der Waals surface area contributed by atoms with Crippen LogP contribution in [0.3, 0.4) is 0 Å². The SMILES string of the molecule is CC(C)(C)[SiH2]OC1CCC2C3CCc4cc(O[Si](C)(C)C(C)(C)C)ccc4C3CCC12C. The lowest BCUT2D eigenvalue weighted by molar-refractivity contribution is -0.0110. The summed E-state index contributed by atoms with van der Waals surface area (Å²) in [5.74, 6) is 3.54. The van der Waals surface area contributed by atoms with Gasteiger partial charge in [0.1, 0.15) is 5.75 Å². The van der Waals surface area contributed by atoms with Gasteiger partial charge in [-0.1, -0.05) is 54.5 Å². The first-order valence-electron chi connectivity index (χ1n) is 13.1. The monoisotopic (exact) mass is 472 g/mol. The standard InChI is InChI=1S/C28H48O2Si2/c1-26(2,3)31-29-25-15-14-24-23-12-10-19-18-20(30-32(8,9)27(4,5)6)11-13-21(19)22(23)16-17-28(24,25)7/h11,13,18,22-25H,10,12,14-17,31H2,1-9H3. The first-order chi connectivity index (χ1) is 14.7. The molecule has 2 fully saturated rings. The van der Waals surface area contributed by atoms with Gasteiger partial charge in [0, 0.05) is 6.10 Å². The van der Waals surface area contributed by atoms with Crippen molar-refractivity contribution in [1.29, 1.82) is 0 Å². The maximum absolute atomic E-state index is 6.70. The molecule has 1 aromatic carbocycles. The zero-order chi connectivity index (χ0) is 23.5. The molecular weight excluding hydrogens is 424 g/mol. The second kappa shape index (κ2) is 8.27. The van der Waals surface area contributed by atoms with E-state index < -0.39 is 18.1 Å². The maximum Gasteiger partial charge on any atom is 0.250 e. The van der Waals surface area contributed by atoms with Gasteiger partial charge in [0.15, 0.2) is 9.76 Å². The number of hydrogen-bond donors (Lipinski definition) is 0. The lowest BCUT2D eigenvalue weighted by atomic mass is 9.55. The summed E-state index contributed by atoms with van der Waals surface area (Å²) in [6, 6.07) is 7.12. The van der Waals surface area contributed by atoms with E-state index in [9.17, 15) is 0 Å². The Kier molecular flexibility index (Phi) is 6.34. The third kappa shape index (κ3) is 4.53. The van der Waals surface area contributed by atoms with Crippen LogP contribution in [-0.2, 0) is 10.8 Å². The largest absolute Gasteiger partial charge is 0.543 e. The van der Waals surface area contributed by atoms with Crippen LogP contribution >= 0.6 is 0 Å². The minimum atomic E-state index is -1.79. The Balaban J connectivity index is 1.50. The van der Waals surface area contributed by atoms with Crippen LogP contribution < -0.4 is 4.43 Å². The van der Waals surface area contributed by atoms with Crippen molar-refractivity contribution in [1.82, 2.24) is 0 Å². The molecule has 0 aromatic heterocycles. The van der Waals surface area contributed by atoms with Crippen molar-refractivity contribution in [2.45, 2.75) is 122 Å². The van der Waals surface area contributed by atoms with Gasteiger partial charge >= 0.3 is 0 Å². The second-order valence-corrected chi connectivity index (χ2v) is 21.6. The summed E-state index contributed by atoms with van der Waals surface area (Å²) in [6.45, 7) is 21.3. The van der Waals surface area contributed by atoms with Gasteiger partial charge in [-0.05, 0) is 108 Å². The van der Waals surface area contributed by atoms with Crippen molar-refractivity contribution in [3.63, 3.8) is 0 Å². The molecule has 4 heteroatoms. The number of hydrogen-bond acceptors (Lipinski definition) is 2. The van der Waals surface area contributed by atoms with Crippen LogP contribution in [0, 0.1) is 17.3 Å². The molecule has 0 N–H and O–H groups in total. The summed E-state index contributed by atoms with van der Waals surface area (Å²) >= 11 is 0. The molecule has 0 heterocycles. The van der Waals surface area contributed by atoms with Crippen LogP contribution in [0.5, 0.6) is 5.75 Å². The van der Waals surface area contributed by atoms with E-state index in [4.69, 9.17) is 8.85 Å². The summed E-state index contributed by atoms with van der Waals surface area (Å²) in [6.07, 6.45) is 8.43. The lowest BCUT2D eigenvalue weighted by Crippen LogP contribution is -2.45. The Labute approximate surface area is 201 Å². The third-order valence-electron chi connectivity index (χ3n) is 9.51. The van der Waals surface area contributed by atoms with Crippen LogP contribution in [0.4, 0.5) is 0 Å². The Morgan fingerprint density at radius 3 is 2.38 bits per heavy atom. The third-order valence-corrected chi connectivity index (χ3v) is 15.3. The highest BCUT2D eigenvalue weighted by Crippen LogP contribution is 2.61. The Bertz CT molecular complexity index is 835. The van der Waals surface area contributed by atoms with Gasteiger partial charge in [-0.15, -0.1) is 0 Å². The molecule has 3 aliphatic carbocycles. The van der Waals surface area contributed by atoms with Gasteiger partial charge in [-0.25, -0.2) is 0 Å². The number of benzene rings is 1. The van der Waals surface area contributed by atoms with Gasteiger partial charge in [-0.2, -0.15) is 0 Å². The van der Waals surface area contributed by atoms with Crippen LogP contribution in [-0.4, -0.2) is 24.2 Å². The Morgan fingerprint density at radius 2 is 1.72 bits per heavy atom. The average molecular weight is 473 g/mol. The van der Waals surface area contributed by atoms with Gasteiger partial charge in [-0.3, -0.25) is 0 Å². The summed E-state index contributed by atoms with van der Waals surface area (Å²) in [5.41, 5.74) is 3.61. The highest BCUT2D eigenvalue weighted by atomic mass is 28.4. The zero-order valence-corrected chi connectivity index (χ0v) is 24.7. The molecule has 5 atom stereocenters. The highest BCUT2D eigenvalue weighted by molar-refractivity contribution is 6.74. The van der Waals surface area contributed by atoms with Gasteiger partial charge < -0.3 is 8.85 Å². The predicted octanol–water partition coefficient (Wildman–Crippen LogP) is 7.61. The fraction of sp³-hybridized carbons (Fsp3) is 0.786. The Morgan fingerprint density at radius 1 is 1.00 bits per heavy atom. The van der Waals surface area contributed by atoms with Gasteiger partial charge in [0.05, 0.1) is 0 Å². The van der Waals surface area contributed by atoms with Crippen LogP contribution in [0.25, 0.3) is 0 Å². The Hall–Kier alpha value is -0.586. The van der Waals surface area contributed by atoms with Crippen LogP contribution in [0.2, 0.25) is 23.2 Å². The zero-order valence-electron chi connectivity index (χ0n) is 22.3. The predicted molar refractivity (Wildman–Crippen MR) is 142 cm³/mol. The minimum absolute atomic E-state index is 0.235. The summed E-state index contributed by atoms with van der Waals surface area (Å²) < 4.78 is 13.4. The topological polar surface area (TPSA) is 18.5 Å². The molecule has 0 amide bonds. The first-order valence-corrected chi connectivity index (χ1v) is 17.3. The van der Waals surface area contributed by atoms with Crippen LogP contribution in [0.15, 0.2) is 18.2 Å². The molecule has 1 aromatic rings. The highest BCUT2D eigenvalue weighted by Gasteiger charge is 2.55. The van der Waals surface area contributed by atoms with E-state index in [2.05, 4.69) is 79.8 Å². The second-order valence-electron chi connectivity index (χ2n) is 14.1. The van der Waals surface area contributed by atoms with E-state index in [1.54, 1.807) is 11.1 Å². The van der Waals surface area contributed by atoms with E-state index in [-0.39, 0.29) is 5.04 Å². The summed E-state index contributed by atoms with van der Waals surface area (Å²) in [4.78, 5) is 0. The minimum Gasteiger partial charge on any atom is -0.543 e. The van der Waals surface area contributed by atoms with E-state index in [1.165, 1.54) is 38.5 Å². The van der Waals surface area contributed by atoms with E-state index in [0.29, 0.717) is 16.6 Å². The fourth-order valence-electron chi connectivity index (χ4n) is 6.65. The van der Waals surface area contributed by atoms with Gasteiger partial charge in [0.25, 0.3) is 0 Å². The maximum atomic E-state index is 6.70. The lowest BCUT2D eigenvalue weighted by Gasteiger charge is -2.51. The van der Waals surface area contributed by atoms with E-state index in [1.807, 2.05) is 0 Å². The fourth-order valence-corrected chi connectivity index (χ4v) is 8.92. The molecule has 4 rings (SSSR count). The molecule has 2 nitrogen and oxygen atoms in total. The molecule has 32 heavy (non-hydrogen) atoms. The van der Waals surface area contributed by atoms with Crippen molar-refractivity contribution >= 4 is 18.1 Å². The molecule has 0 aliphatic heterocycles. The number of aryl methyl sites for hydroxylation is 1. The molecular formula is C28H48O2Si2. The smallest absolute Gasteiger partial charge is 0.250 e. The molecule has 180 valence electrons. The van der Waals surface area contributed by atoms with Crippen molar-refractivity contribution < 1.29 is 8.85 Å². The normalized spacial score (nSPS) is 33.2. The average Bonchev–Trinajstić information content (AvgIpc) is 3.00. The molecule has 3 aliphatic rings. The number of rotatable bonds is 4. The van der Waals surface area contributed by atoms with Crippen molar-refractivity contribution in [3.8, 4) is 5.75 Å². The molecule has 5 unspecified atom stereocenters. The molecule has 0 radical (unpaired) electrons. The quantitative estimate of drug-likeness (QED) is 0.420. The van der Waals surface area contributed by atoms with Crippen molar-refractivity contribution in [2.75, 3.05) is 0 Å². The first kappa shape index (κ1) is 24.5. The number of fused-ring (bicyclic) bond motifs is 5.